The topological polar surface area (TPSA) is 67.8 Å². The summed E-state index contributed by atoms with van der Waals surface area (Å²) in [5.74, 6) is -0.00754. The van der Waals surface area contributed by atoms with Gasteiger partial charge in [0, 0.05) is 0 Å². The van der Waals surface area contributed by atoms with E-state index >= 15 is 0 Å². The Hall–Kier alpha value is -1.23. The van der Waals surface area contributed by atoms with Crippen LogP contribution in [0, 0.1) is 5.92 Å². The van der Waals surface area contributed by atoms with Crippen LogP contribution >= 0.6 is 0 Å². The third-order valence-electron chi connectivity index (χ3n) is 2.19. The molecule has 1 aliphatic rings. The van der Waals surface area contributed by atoms with Crippen LogP contribution in [0.2, 0.25) is 0 Å². The lowest BCUT2D eigenvalue weighted by atomic mass is 10.1. The summed E-state index contributed by atoms with van der Waals surface area (Å²) in [6.45, 7) is 4.61. The normalized spacial score (nSPS) is 17.5. The second-order valence-electron chi connectivity index (χ2n) is 3.71. The van der Waals surface area contributed by atoms with Crippen molar-refractivity contribution in [2.24, 2.45) is 5.92 Å². The first-order chi connectivity index (χ1) is 7.15. The van der Waals surface area contributed by atoms with Crippen LogP contribution in [0.4, 0.5) is 0 Å². The van der Waals surface area contributed by atoms with Gasteiger partial charge in [0.2, 0.25) is 5.76 Å². The number of rotatable bonds is 4. The molecule has 5 heteroatoms. The number of aliphatic hydroxyl groups excluding tert-OH is 1. The van der Waals surface area contributed by atoms with E-state index in [-0.39, 0.29) is 30.2 Å². The highest BCUT2D eigenvalue weighted by Crippen LogP contribution is 2.06. The van der Waals surface area contributed by atoms with E-state index in [0.29, 0.717) is 13.2 Å². The zero-order valence-corrected chi connectivity index (χ0v) is 9.03. The van der Waals surface area contributed by atoms with Crippen molar-refractivity contribution >= 4 is 5.91 Å². The fourth-order valence-corrected chi connectivity index (χ4v) is 1.15. The number of carbonyl (C=O) groups excluding carboxylic acids is 1. The van der Waals surface area contributed by atoms with Crippen LogP contribution in [0.5, 0.6) is 0 Å². The number of amides is 1. The molecule has 1 aliphatic heterocycles. The van der Waals surface area contributed by atoms with Gasteiger partial charge in [0.25, 0.3) is 5.91 Å². The summed E-state index contributed by atoms with van der Waals surface area (Å²) in [7, 11) is 0. The molecule has 1 amide bonds. The molecule has 15 heavy (non-hydrogen) atoms. The summed E-state index contributed by atoms with van der Waals surface area (Å²) in [6, 6.07) is -0.260. The molecule has 0 fully saturated rings. The summed E-state index contributed by atoms with van der Waals surface area (Å²) >= 11 is 0. The molecular weight excluding hydrogens is 198 g/mol. The van der Waals surface area contributed by atoms with Crippen molar-refractivity contribution in [2.75, 3.05) is 19.8 Å². The lowest BCUT2D eigenvalue weighted by Gasteiger charge is -2.21. The van der Waals surface area contributed by atoms with Crippen LogP contribution in [0.15, 0.2) is 12.0 Å². The van der Waals surface area contributed by atoms with Gasteiger partial charge >= 0.3 is 0 Å². The Bertz CT molecular complexity index is 250. The highest BCUT2D eigenvalue weighted by molar-refractivity contribution is 5.91. The van der Waals surface area contributed by atoms with Gasteiger partial charge in [0.15, 0.2) is 0 Å². The number of hydrogen-bond donors (Lipinski definition) is 2. The molecule has 2 N–H and O–H groups in total. The van der Waals surface area contributed by atoms with Crippen LogP contribution < -0.4 is 5.32 Å². The van der Waals surface area contributed by atoms with Crippen LogP contribution in [0.25, 0.3) is 0 Å². The third-order valence-corrected chi connectivity index (χ3v) is 2.19. The van der Waals surface area contributed by atoms with E-state index in [0.717, 1.165) is 0 Å². The molecular formula is C10H17NO4. The van der Waals surface area contributed by atoms with Gasteiger partial charge in [-0.1, -0.05) is 13.8 Å². The molecule has 1 rings (SSSR count). The first-order valence-corrected chi connectivity index (χ1v) is 5.01. The van der Waals surface area contributed by atoms with Gasteiger partial charge in [-0.05, 0) is 5.92 Å². The monoisotopic (exact) mass is 215 g/mol. The third kappa shape index (κ3) is 3.43. The molecule has 1 heterocycles. The Kier molecular flexibility index (Phi) is 4.42. The predicted molar refractivity (Wildman–Crippen MR) is 53.8 cm³/mol. The van der Waals surface area contributed by atoms with Crippen LogP contribution in [-0.4, -0.2) is 36.9 Å². The van der Waals surface area contributed by atoms with E-state index < -0.39 is 0 Å². The van der Waals surface area contributed by atoms with Gasteiger partial charge in [-0.25, -0.2) is 0 Å². The molecule has 0 unspecified atom stereocenters. The quantitative estimate of drug-likeness (QED) is 0.693. The minimum absolute atomic E-state index is 0.0858. The van der Waals surface area contributed by atoms with E-state index in [2.05, 4.69) is 5.32 Å². The second kappa shape index (κ2) is 5.60. The molecule has 0 saturated carbocycles. The Morgan fingerprint density at radius 2 is 2.33 bits per heavy atom. The first-order valence-electron chi connectivity index (χ1n) is 5.01. The Labute approximate surface area is 89.1 Å². The van der Waals surface area contributed by atoms with Gasteiger partial charge in [0.05, 0.1) is 12.6 Å². The highest BCUT2D eigenvalue weighted by Gasteiger charge is 2.20. The summed E-state index contributed by atoms with van der Waals surface area (Å²) in [5.41, 5.74) is 0. The average molecular weight is 215 g/mol. The fourth-order valence-electron chi connectivity index (χ4n) is 1.15. The molecule has 0 aliphatic carbocycles. The SMILES string of the molecule is CC(C)[C@@H](CO)NC(=O)C1=COCCO1. The van der Waals surface area contributed by atoms with Crippen molar-refractivity contribution < 1.29 is 19.4 Å². The average Bonchev–Trinajstić information content (AvgIpc) is 2.26. The van der Waals surface area contributed by atoms with E-state index in [1.807, 2.05) is 13.8 Å². The zero-order valence-electron chi connectivity index (χ0n) is 9.03. The summed E-state index contributed by atoms with van der Waals surface area (Å²) in [6.07, 6.45) is 1.30. The van der Waals surface area contributed by atoms with E-state index in [4.69, 9.17) is 14.6 Å². The second-order valence-corrected chi connectivity index (χ2v) is 3.71. The number of aliphatic hydroxyl groups is 1. The molecule has 0 saturated heterocycles. The van der Waals surface area contributed by atoms with Gasteiger partial charge in [-0.15, -0.1) is 0 Å². The smallest absolute Gasteiger partial charge is 0.289 e. The molecule has 0 bridgehead atoms. The number of hydrogen-bond acceptors (Lipinski definition) is 4. The minimum Gasteiger partial charge on any atom is -0.494 e. The van der Waals surface area contributed by atoms with Crippen molar-refractivity contribution in [1.29, 1.82) is 0 Å². The lowest BCUT2D eigenvalue weighted by Crippen LogP contribution is -2.42. The van der Waals surface area contributed by atoms with Crippen LogP contribution in [0.3, 0.4) is 0 Å². The van der Waals surface area contributed by atoms with E-state index in [1.165, 1.54) is 6.26 Å². The Morgan fingerprint density at radius 1 is 1.60 bits per heavy atom. The maximum absolute atomic E-state index is 11.6. The van der Waals surface area contributed by atoms with Crippen molar-refractivity contribution in [3.63, 3.8) is 0 Å². The number of carbonyl (C=O) groups is 1. The summed E-state index contributed by atoms with van der Waals surface area (Å²) < 4.78 is 10.1. The number of nitrogens with one attached hydrogen (secondary N) is 1. The first kappa shape index (κ1) is 11.8. The molecule has 0 aromatic carbocycles. The Balaban J connectivity index is 2.49. The maximum Gasteiger partial charge on any atom is 0.289 e. The van der Waals surface area contributed by atoms with Crippen LogP contribution in [-0.2, 0) is 14.3 Å². The van der Waals surface area contributed by atoms with E-state index in [1.54, 1.807) is 0 Å². The molecule has 1 atom stereocenters. The molecule has 86 valence electrons. The van der Waals surface area contributed by atoms with Crippen molar-refractivity contribution in [2.45, 2.75) is 19.9 Å². The van der Waals surface area contributed by atoms with E-state index in [9.17, 15) is 4.79 Å². The van der Waals surface area contributed by atoms with Gasteiger partial charge in [-0.2, -0.15) is 0 Å². The predicted octanol–water partition coefficient (Wildman–Crippen LogP) is 0.00770. The molecule has 0 radical (unpaired) electrons. The molecule has 0 aromatic heterocycles. The van der Waals surface area contributed by atoms with Gasteiger partial charge in [-0.3, -0.25) is 4.79 Å². The Morgan fingerprint density at radius 3 is 2.80 bits per heavy atom. The van der Waals surface area contributed by atoms with Gasteiger partial charge in [0.1, 0.15) is 19.5 Å². The highest BCUT2D eigenvalue weighted by atomic mass is 16.6. The maximum atomic E-state index is 11.6. The lowest BCUT2D eigenvalue weighted by molar-refractivity contribution is -0.123. The fraction of sp³-hybridized carbons (Fsp3) is 0.700. The summed E-state index contributed by atoms with van der Waals surface area (Å²) in [5, 5.41) is 11.7. The zero-order chi connectivity index (χ0) is 11.3. The molecule has 5 nitrogen and oxygen atoms in total. The van der Waals surface area contributed by atoms with Crippen molar-refractivity contribution in [3.8, 4) is 0 Å². The van der Waals surface area contributed by atoms with Crippen LogP contribution in [0.1, 0.15) is 13.8 Å². The summed E-state index contributed by atoms with van der Waals surface area (Å²) in [4.78, 5) is 11.6. The molecule has 0 aromatic rings. The minimum atomic E-state index is -0.345. The van der Waals surface area contributed by atoms with Crippen molar-refractivity contribution in [3.05, 3.63) is 12.0 Å². The number of ether oxygens (including phenoxy) is 2. The van der Waals surface area contributed by atoms with Crippen molar-refractivity contribution in [1.82, 2.24) is 5.32 Å². The molecule has 0 spiro atoms. The standard InChI is InChI=1S/C10H17NO4/c1-7(2)8(5-12)11-10(13)9-6-14-3-4-15-9/h6-8,12H,3-5H2,1-2H3,(H,11,13)/t8-/m1/s1. The van der Waals surface area contributed by atoms with Gasteiger partial charge < -0.3 is 19.9 Å². The largest absolute Gasteiger partial charge is 0.494 e.